The highest BCUT2D eigenvalue weighted by molar-refractivity contribution is 5.99. The Bertz CT molecular complexity index is 1040. The van der Waals surface area contributed by atoms with Crippen molar-refractivity contribution in [3.8, 4) is 5.75 Å². The molecule has 34 heavy (non-hydrogen) atoms. The number of phenols is 1. The number of carbonyl (C=O) groups is 2. The number of aliphatic hydroxyl groups is 1. The standard InChI is InChI=1S/C27H33FN2O4/c1-18-21(9-6-10-24(18)28)25-22(26(33)19-7-5-8-20(32)15-19)16-29(13-14-31)17-23(25)27(34)30-11-3-2-4-12-30/h5-10,15,22-23,25,31-32H,2-4,11-14,16-17H2,1H3/t22-,23-,25-/m0/s1. The lowest BCUT2D eigenvalue weighted by molar-refractivity contribution is -0.139. The van der Waals surface area contributed by atoms with Crippen molar-refractivity contribution >= 4 is 11.7 Å². The summed E-state index contributed by atoms with van der Waals surface area (Å²) in [5.74, 6) is -2.23. The molecular formula is C27H33FN2O4. The van der Waals surface area contributed by atoms with E-state index in [0.717, 1.165) is 19.3 Å². The number of benzene rings is 2. The molecule has 0 saturated carbocycles. The molecule has 0 spiro atoms. The van der Waals surface area contributed by atoms with Crippen molar-refractivity contribution in [3.63, 3.8) is 0 Å². The van der Waals surface area contributed by atoms with E-state index in [2.05, 4.69) is 0 Å². The Morgan fingerprint density at radius 3 is 2.44 bits per heavy atom. The van der Waals surface area contributed by atoms with Crippen LogP contribution in [-0.4, -0.2) is 71.0 Å². The molecule has 2 aliphatic rings. The number of ketones is 1. The van der Waals surface area contributed by atoms with E-state index < -0.39 is 17.8 Å². The Morgan fingerprint density at radius 2 is 1.74 bits per heavy atom. The number of hydrogen-bond donors (Lipinski definition) is 2. The van der Waals surface area contributed by atoms with Crippen molar-refractivity contribution in [1.82, 2.24) is 9.80 Å². The number of carbonyl (C=O) groups excluding carboxylic acids is 2. The van der Waals surface area contributed by atoms with Crippen molar-refractivity contribution in [2.75, 3.05) is 39.3 Å². The number of aliphatic hydroxyl groups excluding tert-OH is 1. The van der Waals surface area contributed by atoms with Crippen LogP contribution in [0.15, 0.2) is 42.5 Å². The Kier molecular flexibility index (Phi) is 7.63. The summed E-state index contributed by atoms with van der Waals surface area (Å²) in [7, 11) is 0. The predicted molar refractivity (Wildman–Crippen MR) is 127 cm³/mol. The van der Waals surface area contributed by atoms with Gasteiger partial charge in [-0.05, 0) is 55.5 Å². The number of β-amino-alcohol motifs (C(OH)–C–C–N with tert-alkyl or cyclic N) is 1. The number of hydrogen-bond acceptors (Lipinski definition) is 5. The maximum Gasteiger partial charge on any atom is 0.227 e. The monoisotopic (exact) mass is 468 g/mol. The highest BCUT2D eigenvalue weighted by Crippen LogP contribution is 2.42. The summed E-state index contributed by atoms with van der Waals surface area (Å²) in [5.41, 5.74) is 1.49. The average Bonchev–Trinajstić information content (AvgIpc) is 2.85. The summed E-state index contributed by atoms with van der Waals surface area (Å²) in [6, 6.07) is 11.1. The minimum absolute atomic E-state index is 0.00620. The normalized spacial score (nSPS) is 23.6. The third-order valence-electron chi connectivity index (χ3n) is 7.31. The molecule has 182 valence electrons. The lowest BCUT2D eigenvalue weighted by Gasteiger charge is -2.45. The minimum atomic E-state index is -0.624. The van der Waals surface area contributed by atoms with Gasteiger partial charge < -0.3 is 15.1 Å². The number of phenolic OH excluding ortho intramolecular Hbond substituents is 1. The number of likely N-dealkylation sites (tertiary alicyclic amines) is 2. The quantitative estimate of drug-likeness (QED) is 0.636. The molecule has 2 aromatic carbocycles. The fraction of sp³-hybridized carbons (Fsp3) is 0.481. The van der Waals surface area contributed by atoms with Crippen molar-refractivity contribution in [3.05, 3.63) is 65.0 Å². The van der Waals surface area contributed by atoms with Crippen LogP contribution < -0.4 is 0 Å². The van der Waals surface area contributed by atoms with E-state index in [0.29, 0.717) is 49.4 Å². The lowest BCUT2D eigenvalue weighted by atomic mass is 9.69. The number of halogens is 1. The van der Waals surface area contributed by atoms with Crippen molar-refractivity contribution in [2.24, 2.45) is 11.8 Å². The molecule has 2 fully saturated rings. The van der Waals surface area contributed by atoms with Crippen LogP contribution in [0.4, 0.5) is 4.39 Å². The number of aromatic hydroxyl groups is 1. The van der Waals surface area contributed by atoms with Gasteiger partial charge in [0.15, 0.2) is 5.78 Å². The molecule has 6 nitrogen and oxygen atoms in total. The zero-order chi connectivity index (χ0) is 24.2. The van der Waals surface area contributed by atoms with Crippen molar-refractivity contribution in [2.45, 2.75) is 32.1 Å². The first-order valence-electron chi connectivity index (χ1n) is 12.1. The van der Waals surface area contributed by atoms with E-state index in [1.54, 1.807) is 25.1 Å². The molecule has 0 unspecified atom stereocenters. The first-order chi connectivity index (χ1) is 16.4. The summed E-state index contributed by atoms with van der Waals surface area (Å²) in [4.78, 5) is 31.5. The molecule has 2 aliphatic heterocycles. The first-order valence-corrected chi connectivity index (χ1v) is 12.1. The predicted octanol–water partition coefficient (Wildman–Crippen LogP) is 3.36. The molecule has 2 aromatic rings. The van der Waals surface area contributed by atoms with Gasteiger partial charge in [0.05, 0.1) is 12.5 Å². The Hall–Kier alpha value is -2.77. The van der Waals surface area contributed by atoms with E-state index >= 15 is 0 Å². The van der Waals surface area contributed by atoms with Gasteiger partial charge >= 0.3 is 0 Å². The zero-order valence-electron chi connectivity index (χ0n) is 19.6. The van der Waals surface area contributed by atoms with Crippen molar-refractivity contribution < 1.29 is 24.2 Å². The minimum Gasteiger partial charge on any atom is -0.508 e. The fourth-order valence-electron chi connectivity index (χ4n) is 5.58. The second-order valence-corrected chi connectivity index (χ2v) is 9.48. The van der Waals surface area contributed by atoms with E-state index in [1.807, 2.05) is 15.9 Å². The summed E-state index contributed by atoms with van der Waals surface area (Å²) in [5, 5.41) is 19.6. The van der Waals surface area contributed by atoms with E-state index in [1.165, 1.54) is 18.2 Å². The molecule has 0 bridgehead atoms. The summed E-state index contributed by atoms with van der Waals surface area (Å²) in [6.07, 6.45) is 3.00. The highest BCUT2D eigenvalue weighted by atomic mass is 19.1. The molecule has 7 heteroatoms. The molecule has 3 atom stereocenters. The Morgan fingerprint density at radius 1 is 1.03 bits per heavy atom. The van der Waals surface area contributed by atoms with Gasteiger partial charge in [-0.2, -0.15) is 0 Å². The molecule has 0 aromatic heterocycles. The number of nitrogens with zero attached hydrogens (tertiary/aromatic N) is 2. The van der Waals surface area contributed by atoms with Crippen LogP contribution in [0, 0.1) is 24.6 Å². The lowest BCUT2D eigenvalue weighted by Crippen LogP contribution is -2.54. The van der Waals surface area contributed by atoms with Gasteiger partial charge in [-0.25, -0.2) is 4.39 Å². The van der Waals surface area contributed by atoms with Crippen LogP contribution in [0.3, 0.4) is 0 Å². The molecular weight excluding hydrogens is 435 g/mol. The van der Waals surface area contributed by atoms with E-state index in [9.17, 15) is 24.2 Å². The van der Waals surface area contributed by atoms with Crippen LogP contribution in [0.25, 0.3) is 0 Å². The fourth-order valence-corrected chi connectivity index (χ4v) is 5.58. The second-order valence-electron chi connectivity index (χ2n) is 9.48. The third kappa shape index (κ3) is 5.00. The first kappa shape index (κ1) is 24.4. The SMILES string of the molecule is Cc1c(F)cccc1[C@H]1[C@@H](C(=O)c2cccc(O)c2)CN(CCO)C[C@@H]1C(=O)N1CCCCC1. The second kappa shape index (κ2) is 10.7. The van der Waals surface area contributed by atoms with Crippen LogP contribution >= 0.6 is 0 Å². The topological polar surface area (TPSA) is 81.1 Å². The smallest absolute Gasteiger partial charge is 0.227 e. The molecule has 2 N–H and O–H groups in total. The Labute approximate surface area is 200 Å². The zero-order valence-corrected chi connectivity index (χ0v) is 19.6. The number of rotatable bonds is 6. The van der Waals surface area contributed by atoms with Crippen LogP contribution in [-0.2, 0) is 4.79 Å². The van der Waals surface area contributed by atoms with Gasteiger partial charge in [-0.1, -0.05) is 24.3 Å². The molecule has 0 radical (unpaired) electrons. The van der Waals surface area contributed by atoms with Crippen molar-refractivity contribution in [1.29, 1.82) is 0 Å². The van der Waals surface area contributed by atoms with Gasteiger partial charge in [-0.15, -0.1) is 0 Å². The average molecular weight is 469 g/mol. The van der Waals surface area contributed by atoms with Gasteiger partial charge in [0.25, 0.3) is 0 Å². The van der Waals surface area contributed by atoms with Gasteiger partial charge in [-0.3, -0.25) is 14.5 Å². The van der Waals surface area contributed by atoms with Gasteiger partial charge in [0.1, 0.15) is 11.6 Å². The van der Waals surface area contributed by atoms with Crippen LogP contribution in [0.2, 0.25) is 0 Å². The summed E-state index contributed by atoms with van der Waals surface area (Å²) in [6.45, 7) is 4.09. The maximum atomic E-state index is 14.7. The summed E-state index contributed by atoms with van der Waals surface area (Å²) >= 11 is 0. The largest absolute Gasteiger partial charge is 0.508 e. The van der Waals surface area contributed by atoms with Gasteiger partial charge in [0, 0.05) is 50.1 Å². The third-order valence-corrected chi connectivity index (χ3v) is 7.31. The molecule has 4 rings (SSSR count). The van der Waals surface area contributed by atoms with Gasteiger partial charge in [0.2, 0.25) is 5.91 Å². The van der Waals surface area contributed by atoms with Crippen LogP contribution in [0.1, 0.15) is 46.7 Å². The van der Waals surface area contributed by atoms with Crippen LogP contribution in [0.5, 0.6) is 5.75 Å². The Balaban J connectivity index is 1.80. The number of Topliss-reactive ketones (excluding diaryl/α,β-unsaturated/α-hetero) is 1. The molecule has 2 heterocycles. The van der Waals surface area contributed by atoms with E-state index in [-0.39, 0.29) is 29.9 Å². The van der Waals surface area contributed by atoms with E-state index in [4.69, 9.17) is 0 Å². The molecule has 0 aliphatic carbocycles. The number of piperidine rings is 2. The summed E-state index contributed by atoms with van der Waals surface area (Å²) < 4.78 is 14.7. The highest BCUT2D eigenvalue weighted by Gasteiger charge is 2.46. The molecule has 2 saturated heterocycles. The maximum absolute atomic E-state index is 14.7. The number of amides is 1. The molecule has 1 amide bonds.